The second-order valence-electron chi connectivity index (χ2n) is 5.42. The van der Waals surface area contributed by atoms with Crippen LogP contribution in [0.25, 0.3) is 11.0 Å². The Morgan fingerprint density at radius 3 is 2.85 bits per heavy atom. The number of anilines is 1. The van der Waals surface area contributed by atoms with Crippen LogP contribution in [-0.4, -0.2) is 36.5 Å². The molecular weight excluding hydrogens is 254 g/mol. The van der Waals surface area contributed by atoms with Gasteiger partial charge in [0.15, 0.2) is 0 Å². The summed E-state index contributed by atoms with van der Waals surface area (Å²) in [7, 11) is 3.41. The van der Waals surface area contributed by atoms with Gasteiger partial charge in [0.25, 0.3) is 0 Å². The van der Waals surface area contributed by atoms with Gasteiger partial charge in [-0.2, -0.15) is 0 Å². The summed E-state index contributed by atoms with van der Waals surface area (Å²) in [6.07, 6.45) is 2.48. The van der Waals surface area contributed by atoms with E-state index in [9.17, 15) is 0 Å². The molecule has 108 valence electrons. The van der Waals surface area contributed by atoms with Gasteiger partial charge in [0.1, 0.15) is 5.82 Å². The molecule has 1 fully saturated rings. The Hall–Kier alpha value is -1.59. The highest BCUT2D eigenvalue weighted by atomic mass is 16.5. The fourth-order valence-electron chi connectivity index (χ4n) is 2.60. The zero-order chi connectivity index (χ0) is 14.1. The molecule has 1 aromatic carbocycles. The predicted octanol–water partition coefficient (Wildman–Crippen LogP) is 2.16. The maximum absolute atomic E-state index is 5.86. The standard InChI is InChI=1S/C15H21N3O2/c1-19-9-12(20-2)8-18-14-6-5-11(16)7-13(14)17-15(18)10-3-4-10/h5-7,10,12H,3-4,8-9,16H2,1-2H3. The molecule has 20 heavy (non-hydrogen) atoms. The molecule has 3 rings (SSSR count). The highest BCUT2D eigenvalue weighted by Crippen LogP contribution is 2.41. The predicted molar refractivity (Wildman–Crippen MR) is 78.8 cm³/mol. The fraction of sp³-hybridized carbons (Fsp3) is 0.533. The van der Waals surface area contributed by atoms with Crippen LogP contribution in [0.15, 0.2) is 18.2 Å². The topological polar surface area (TPSA) is 62.3 Å². The van der Waals surface area contributed by atoms with Crippen molar-refractivity contribution in [1.29, 1.82) is 0 Å². The third-order valence-corrected chi connectivity index (χ3v) is 3.82. The average molecular weight is 275 g/mol. The summed E-state index contributed by atoms with van der Waals surface area (Å²) in [4.78, 5) is 4.77. The maximum atomic E-state index is 5.86. The Balaban J connectivity index is 2.00. The molecule has 2 aromatic rings. The number of aromatic nitrogens is 2. The van der Waals surface area contributed by atoms with Crippen LogP contribution in [0, 0.1) is 0 Å². The Morgan fingerprint density at radius 2 is 2.20 bits per heavy atom. The van der Waals surface area contributed by atoms with E-state index in [1.54, 1.807) is 14.2 Å². The van der Waals surface area contributed by atoms with Crippen LogP contribution >= 0.6 is 0 Å². The lowest BCUT2D eigenvalue weighted by Gasteiger charge is -2.17. The van der Waals surface area contributed by atoms with E-state index in [-0.39, 0.29) is 6.10 Å². The van der Waals surface area contributed by atoms with Crippen LogP contribution in [0.5, 0.6) is 0 Å². The summed E-state index contributed by atoms with van der Waals surface area (Å²) >= 11 is 0. The minimum absolute atomic E-state index is 0.0347. The largest absolute Gasteiger partial charge is 0.399 e. The molecule has 2 N–H and O–H groups in total. The molecular formula is C15H21N3O2. The number of hydrogen-bond acceptors (Lipinski definition) is 4. The van der Waals surface area contributed by atoms with Crippen LogP contribution in [-0.2, 0) is 16.0 Å². The Kier molecular flexibility index (Phi) is 3.63. The summed E-state index contributed by atoms with van der Waals surface area (Å²) < 4.78 is 13.0. The van der Waals surface area contributed by atoms with Crippen molar-refractivity contribution in [3.05, 3.63) is 24.0 Å². The van der Waals surface area contributed by atoms with Gasteiger partial charge in [-0.25, -0.2) is 4.98 Å². The van der Waals surface area contributed by atoms with E-state index < -0.39 is 0 Å². The van der Waals surface area contributed by atoms with Crippen LogP contribution in [0.1, 0.15) is 24.6 Å². The lowest BCUT2D eigenvalue weighted by molar-refractivity contribution is 0.0185. The summed E-state index contributed by atoms with van der Waals surface area (Å²) in [5.74, 6) is 1.74. The molecule has 0 aliphatic heterocycles. The van der Waals surface area contributed by atoms with E-state index >= 15 is 0 Å². The van der Waals surface area contributed by atoms with E-state index in [0.717, 1.165) is 29.1 Å². The zero-order valence-corrected chi connectivity index (χ0v) is 12.0. The first-order valence-corrected chi connectivity index (χ1v) is 7.00. The van der Waals surface area contributed by atoms with Gasteiger partial charge in [-0.1, -0.05) is 0 Å². The first-order chi connectivity index (χ1) is 9.72. The SMILES string of the molecule is COCC(Cn1c(C2CC2)nc2cc(N)ccc21)OC. The number of rotatable bonds is 6. The first kappa shape index (κ1) is 13.4. The molecule has 1 aromatic heterocycles. The maximum Gasteiger partial charge on any atom is 0.113 e. The fourth-order valence-corrected chi connectivity index (χ4v) is 2.60. The van der Waals surface area contributed by atoms with Crippen molar-refractivity contribution in [2.75, 3.05) is 26.6 Å². The number of nitrogen functional groups attached to an aromatic ring is 1. The monoisotopic (exact) mass is 275 g/mol. The molecule has 5 nitrogen and oxygen atoms in total. The van der Waals surface area contributed by atoms with Gasteiger partial charge >= 0.3 is 0 Å². The van der Waals surface area contributed by atoms with Gasteiger partial charge in [0.05, 0.1) is 30.3 Å². The van der Waals surface area contributed by atoms with Crippen molar-refractivity contribution in [2.45, 2.75) is 31.4 Å². The van der Waals surface area contributed by atoms with Gasteiger partial charge in [-0.15, -0.1) is 0 Å². The van der Waals surface area contributed by atoms with Gasteiger partial charge in [-0.3, -0.25) is 0 Å². The van der Waals surface area contributed by atoms with Crippen molar-refractivity contribution < 1.29 is 9.47 Å². The van der Waals surface area contributed by atoms with Gasteiger partial charge in [-0.05, 0) is 31.0 Å². The molecule has 1 saturated carbocycles. The van der Waals surface area contributed by atoms with Crippen molar-refractivity contribution in [2.24, 2.45) is 0 Å². The first-order valence-electron chi connectivity index (χ1n) is 7.00. The number of hydrogen-bond donors (Lipinski definition) is 1. The number of methoxy groups -OCH3 is 2. The van der Waals surface area contributed by atoms with E-state index in [0.29, 0.717) is 12.5 Å². The van der Waals surface area contributed by atoms with Gasteiger partial charge in [0.2, 0.25) is 0 Å². The minimum Gasteiger partial charge on any atom is -0.399 e. The number of nitrogens with two attached hydrogens (primary N) is 1. The number of nitrogens with zero attached hydrogens (tertiary/aromatic N) is 2. The number of ether oxygens (including phenoxy) is 2. The average Bonchev–Trinajstić information content (AvgIpc) is 3.22. The van der Waals surface area contributed by atoms with Crippen LogP contribution in [0.4, 0.5) is 5.69 Å². The Morgan fingerprint density at radius 1 is 1.40 bits per heavy atom. The summed E-state index contributed by atoms with van der Waals surface area (Å²) in [5.41, 5.74) is 8.71. The number of benzene rings is 1. The third-order valence-electron chi connectivity index (χ3n) is 3.82. The molecule has 1 heterocycles. The minimum atomic E-state index is 0.0347. The Bertz CT molecular complexity index is 604. The second-order valence-corrected chi connectivity index (χ2v) is 5.42. The highest BCUT2D eigenvalue weighted by Gasteiger charge is 2.30. The smallest absolute Gasteiger partial charge is 0.113 e. The molecule has 0 spiro atoms. The van der Waals surface area contributed by atoms with Crippen LogP contribution in [0.3, 0.4) is 0 Å². The van der Waals surface area contributed by atoms with E-state index in [1.165, 1.54) is 12.8 Å². The summed E-state index contributed by atoms with van der Waals surface area (Å²) in [6.45, 7) is 1.34. The third kappa shape index (κ3) is 2.51. The number of fused-ring (bicyclic) bond motifs is 1. The van der Waals surface area contributed by atoms with E-state index in [1.807, 2.05) is 18.2 Å². The molecule has 1 atom stereocenters. The molecule has 0 saturated heterocycles. The summed E-state index contributed by atoms with van der Waals surface area (Å²) in [6, 6.07) is 5.91. The molecule has 0 amide bonds. The second kappa shape index (κ2) is 5.42. The summed E-state index contributed by atoms with van der Waals surface area (Å²) in [5, 5.41) is 0. The molecule has 0 bridgehead atoms. The van der Waals surface area contributed by atoms with Crippen LogP contribution < -0.4 is 5.73 Å². The van der Waals surface area contributed by atoms with Crippen molar-refractivity contribution >= 4 is 16.7 Å². The molecule has 1 unspecified atom stereocenters. The van der Waals surface area contributed by atoms with Gasteiger partial charge < -0.3 is 19.8 Å². The van der Waals surface area contributed by atoms with Crippen molar-refractivity contribution in [1.82, 2.24) is 9.55 Å². The highest BCUT2D eigenvalue weighted by molar-refractivity contribution is 5.79. The lowest BCUT2D eigenvalue weighted by atomic mass is 10.2. The molecule has 0 radical (unpaired) electrons. The van der Waals surface area contributed by atoms with E-state index in [4.69, 9.17) is 20.2 Å². The molecule has 1 aliphatic carbocycles. The lowest BCUT2D eigenvalue weighted by Crippen LogP contribution is -2.24. The molecule has 5 heteroatoms. The van der Waals surface area contributed by atoms with Gasteiger partial charge in [0, 0.05) is 25.8 Å². The zero-order valence-electron chi connectivity index (χ0n) is 12.0. The Labute approximate surface area is 118 Å². The van der Waals surface area contributed by atoms with E-state index in [2.05, 4.69) is 4.57 Å². The molecule has 1 aliphatic rings. The van der Waals surface area contributed by atoms with Crippen molar-refractivity contribution in [3.8, 4) is 0 Å². The quantitative estimate of drug-likeness (QED) is 0.821. The van der Waals surface area contributed by atoms with Crippen LogP contribution in [0.2, 0.25) is 0 Å². The van der Waals surface area contributed by atoms with Crippen molar-refractivity contribution in [3.63, 3.8) is 0 Å². The number of imidazole rings is 1. The normalized spacial score (nSPS) is 16.7.